The number of halogens is 2. The Bertz CT molecular complexity index is 919. The molecule has 2 aromatic rings. The number of hydrogen-bond donors (Lipinski definition) is 1. The maximum atomic E-state index is 12.7. The summed E-state index contributed by atoms with van der Waals surface area (Å²) in [4.78, 5) is 12.7. The number of amides is 2. The molecular weight excluding hydrogens is 395 g/mol. The third-order valence-corrected chi connectivity index (χ3v) is 5.26. The van der Waals surface area contributed by atoms with Crippen LogP contribution in [0.4, 0.5) is 10.5 Å². The Kier molecular flexibility index (Phi) is 6.23. The molecule has 2 aromatic carbocycles. The van der Waals surface area contributed by atoms with Crippen LogP contribution in [-0.2, 0) is 0 Å². The van der Waals surface area contributed by atoms with Crippen molar-refractivity contribution in [3.05, 3.63) is 64.1 Å². The van der Waals surface area contributed by atoms with Gasteiger partial charge in [0.05, 0.1) is 18.3 Å². The fourth-order valence-electron chi connectivity index (χ4n) is 3.29. The van der Waals surface area contributed by atoms with Crippen LogP contribution in [0, 0.1) is 16.7 Å². The number of carbonyl (C=O) groups is 1. The van der Waals surface area contributed by atoms with Crippen LogP contribution in [0.5, 0.6) is 0 Å². The van der Waals surface area contributed by atoms with Crippen molar-refractivity contribution >= 4 is 40.6 Å². The van der Waals surface area contributed by atoms with Crippen molar-refractivity contribution in [2.24, 2.45) is 10.5 Å². The van der Waals surface area contributed by atoms with Crippen LogP contribution in [0.3, 0.4) is 0 Å². The first-order chi connectivity index (χ1) is 13.4. The minimum absolute atomic E-state index is 0.308. The van der Waals surface area contributed by atoms with Gasteiger partial charge in [-0.25, -0.2) is 9.80 Å². The average molecular weight is 415 g/mol. The molecule has 28 heavy (non-hydrogen) atoms. The molecule has 1 aliphatic heterocycles. The Hall–Kier alpha value is -2.55. The quantitative estimate of drug-likeness (QED) is 0.614. The molecule has 1 unspecified atom stereocenters. The van der Waals surface area contributed by atoms with Gasteiger partial charge in [-0.3, -0.25) is 0 Å². The van der Waals surface area contributed by atoms with E-state index in [2.05, 4.69) is 23.4 Å². The smallest absolute Gasteiger partial charge is 0.306 e. The molecule has 144 valence electrons. The SMILES string of the molecule is CC1(CCCC#N)CN(C(=O)Nc2ccc(Cl)cc2)N=C1c1ccc(Cl)cc1. The average Bonchev–Trinajstić information content (AvgIpc) is 3.02. The molecule has 0 fully saturated rings. The van der Waals surface area contributed by atoms with Crippen LogP contribution in [0.1, 0.15) is 31.7 Å². The number of nitrogens with one attached hydrogen (secondary N) is 1. The lowest BCUT2D eigenvalue weighted by atomic mass is 9.78. The summed E-state index contributed by atoms with van der Waals surface area (Å²) >= 11 is 11.9. The van der Waals surface area contributed by atoms with E-state index in [1.165, 1.54) is 5.01 Å². The molecule has 1 atom stereocenters. The molecule has 1 N–H and O–H groups in total. The number of urea groups is 1. The minimum Gasteiger partial charge on any atom is -0.306 e. The second-order valence-electron chi connectivity index (χ2n) is 7.02. The number of hydrazone groups is 1. The van der Waals surface area contributed by atoms with Gasteiger partial charge in [-0.2, -0.15) is 10.4 Å². The molecule has 0 saturated carbocycles. The number of hydrogen-bond acceptors (Lipinski definition) is 3. The lowest BCUT2D eigenvalue weighted by Crippen LogP contribution is -2.35. The van der Waals surface area contributed by atoms with Crippen LogP contribution < -0.4 is 5.32 Å². The molecule has 1 heterocycles. The lowest BCUT2D eigenvalue weighted by Gasteiger charge is -2.26. The van der Waals surface area contributed by atoms with E-state index in [4.69, 9.17) is 28.5 Å². The molecule has 3 rings (SSSR count). The zero-order chi connectivity index (χ0) is 20.1. The summed E-state index contributed by atoms with van der Waals surface area (Å²) in [6.45, 7) is 2.52. The van der Waals surface area contributed by atoms with Gasteiger partial charge < -0.3 is 5.32 Å². The summed E-state index contributed by atoms with van der Waals surface area (Å²) in [5.41, 5.74) is 2.05. The van der Waals surface area contributed by atoms with Gasteiger partial charge in [0.15, 0.2) is 0 Å². The Morgan fingerprint density at radius 2 is 1.79 bits per heavy atom. The number of unbranched alkanes of at least 4 members (excludes halogenated alkanes) is 1. The molecule has 0 aliphatic carbocycles. The maximum Gasteiger partial charge on any atom is 0.342 e. The van der Waals surface area contributed by atoms with Crippen molar-refractivity contribution in [3.8, 4) is 6.07 Å². The van der Waals surface area contributed by atoms with E-state index in [0.717, 1.165) is 24.1 Å². The van der Waals surface area contributed by atoms with Crippen molar-refractivity contribution in [1.82, 2.24) is 5.01 Å². The van der Waals surface area contributed by atoms with Crippen LogP contribution in [0.2, 0.25) is 10.0 Å². The summed E-state index contributed by atoms with van der Waals surface area (Å²) in [7, 11) is 0. The highest BCUT2D eigenvalue weighted by molar-refractivity contribution is 6.31. The molecule has 0 saturated heterocycles. The van der Waals surface area contributed by atoms with Crippen molar-refractivity contribution in [2.75, 3.05) is 11.9 Å². The third-order valence-electron chi connectivity index (χ3n) is 4.76. The van der Waals surface area contributed by atoms with Crippen molar-refractivity contribution in [2.45, 2.75) is 26.2 Å². The van der Waals surface area contributed by atoms with Gasteiger partial charge in [0.1, 0.15) is 0 Å². The van der Waals surface area contributed by atoms with E-state index in [-0.39, 0.29) is 11.4 Å². The van der Waals surface area contributed by atoms with E-state index in [1.807, 2.05) is 24.3 Å². The number of rotatable bonds is 5. The summed E-state index contributed by atoms with van der Waals surface area (Å²) in [5, 5.41) is 19.0. The fraction of sp³-hybridized carbons (Fsp3) is 0.286. The second-order valence-corrected chi connectivity index (χ2v) is 7.90. The van der Waals surface area contributed by atoms with Crippen molar-refractivity contribution < 1.29 is 4.79 Å². The number of benzene rings is 2. The molecule has 0 spiro atoms. The molecular formula is C21H20Cl2N4O. The first-order valence-electron chi connectivity index (χ1n) is 8.97. The van der Waals surface area contributed by atoms with Gasteiger partial charge in [0, 0.05) is 27.6 Å². The normalized spacial score (nSPS) is 18.5. The monoisotopic (exact) mass is 414 g/mol. The van der Waals surface area contributed by atoms with Crippen LogP contribution in [0.15, 0.2) is 53.6 Å². The summed E-state index contributed by atoms with van der Waals surface area (Å²) in [6, 6.07) is 16.2. The van der Waals surface area contributed by atoms with E-state index in [0.29, 0.717) is 28.7 Å². The summed E-state index contributed by atoms with van der Waals surface area (Å²) in [5.74, 6) is 0. The van der Waals surface area contributed by atoms with Gasteiger partial charge in [-0.15, -0.1) is 0 Å². The van der Waals surface area contributed by atoms with Gasteiger partial charge in [-0.05, 0) is 54.8 Å². The number of anilines is 1. The van der Waals surface area contributed by atoms with E-state index >= 15 is 0 Å². The van der Waals surface area contributed by atoms with Gasteiger partial charge in [0.2, 0.25) is 0 Å². The van der Waals surface area contributed by atoms with Crippen molar-refractivity contribution in [3.63, 3.8) is 0 Å². The molecule has 2 amide bonds. The first kappa shape index (κ1) is 20.2. The zero-order valence-electron chi connectivity index (χ0n) is 15.5. The van der Waals surface area contributed by atoms with Crippen LogP contribution in [0.25, 0.3) is 0 Å². The highest BCUT2D eigenvalue weighted by atomic mass is 35.5. The van der Waals surface area contributed by atoms with Gasteiger partial charge in [-0.1, -0.05) is 42.3 Å². The molecule has 5 nitrogen and oxygen atoms in total. The third kappa shape index (κ3) is 4.64. The Balaban J connectivity index is 1.83. The lowest BCUT2D eigenvalue weighted by molar-refractivity contribution is 0.206. The number of nitriles is 1. The predicted octanol–water partition coefficient (Wildman–Crippen LogP) is 5.95. The molecule has 1 aliphatic rings. The first-order valence-corrected chi connectivity index (χ1v) is 9.73. The molecule has 0 radical (unpaired) electrons. The highest BCUT2D eigenvalue weighted by Crippen LogP contribution is 2.36. The van der Waals surface area contributed by atoms with Crippen LogP contribution in [-0.4, -0.2) is 23.3 Å². The highest BCUT2D eigenvalue weighted by Gasteiger charge is 2.40. The number of nitrogens with zero attached hydrogens (tertiary/aromatic N) is 3. The maximum absolute atomic E-state index is 12.7. The minimum atomic E-state index is -0.345. The van der Waals surface area contributed by atoms with E-state index in [9.17, 15) is 4.79 Å². The predicted molar refractivity (Wildman–Crippen MR) is 113 cm³/mol. The Morgan fingerprint density at radius 1 is 1.18 bits per heavy atom. The summed E-state index contributed by atoms with van der Waals surface area (Å²) < 4.78 is 0. The van der Waals surface area contributed by atoms with Gasteiger partial charge >= 0.3 is 6.03 Å². The van der Waals surface area contributed by atoms with Crippen LogP contribution >= 0.6 is 23.2 Å². The topological polar surface area (TPSA) is 68.5 Å². The molecule has 0 bridgehead atoms. The second kappa shape index (κ2) is 8.64. The standard InChI is InChI=1S/C21H20Cl2N4O/c1-21(12-2-3-13-24)14-27(20(28)25-18-10-8-17(23)9-11-18)26-19(21)15-4-6-16(22)7-5-15/h4-11H,2-3,12,14H2,1H3,(H,25,28). The Labute approximate surface area is 174 Å². The van der Waals surface area contributed by atoms with Crippen molar-refractivity contribution in [1.29, 1.82) is 5.26 Å². The Morgan fingerprint density at radius 3 is 2.39 bits per heavy atom. The molecule has 0 aromatic heterocycles. The van der Waals surface area contributed by atoms with E-state index in [1.54, 1.807) is 24.3 Å². The summed E-state index contributed by atoms with van der Waals surface area (Å²) in [6.07, 6.45) is 1.97. The molecule has 7 heteroatoms. The fourth-order valence-corrected chi connectivity index (χ4v) is 3.54. The van der Waals surface area contributed by atoms with Gasteiger partial charge in [0.25, 0.3) is 0 Å². The largest absolute Gasteiger partial charge is 0.342 e. The number of carbonyl (C=O) groups excluding carboxylic acids is 1. The van der Waals surface area contributed by atoms with E-state index < -0.39 is 0 Å². The zero-order valence-corrected chi connectivity index (χ0v) is 17.0.